The molecule has 1 saturated heterocycles. The van der Waals surface area contributed by atoms with E-state index in [2.05, 4.69) is 113 Å². The minimum absolute atomic E-state index is 0.311. The first-order valence-corrected chi connectivity index (χ1v) is 9.68. The van der Waals surface area contributed by atoms with Crippen LogP contribution in [-0.4, -0.2) is 29.1 Å². The average Bonchev–Trinajstić information content (AvgIpc) is 3.10. The molecule has 0 bridgehead atoms. The highest BCUT2D eigenvalue weighted by molar-refractivity contribution is 5.49. The van der Waals surface area contributed by atoms with Gasteiger partial charge in [0.1, 0.15) is 0 Å². The predicted octanol–water partition coefficient (Wildman–Crippen LogP) is 5.04. The van der Waals surface area contributed by atoms with Crippen molar-refractivity contribution in [1.82, 2.24) is 9.80 Å². The highest BCUT2D eigenvalue weighted by Crippen LogP contribution is 2.22. The van der Waals surface area contributed by atoms with Gasteiger partial charge in [0.2, 0.25) is 0 Å². The Bertz CT molecular complexity index is 794. The SMILES string of the molecule is C(=CC1N(Cc2ccccc2)CCN1Cc1ccccc1)c1ccccc1. The summed E-state index contributed by atoms with van der Waals surface area (Å²) in [6.07, 6.45) is 4.92. The standard InChI is InChI=1S/C25H26N2/c1-4-10-22(11-5-1)16-17-25-26(20-23-12-6-2-7-13-23)18-19-27(25)21-24-14-8-3-9-15-24/h1-17,25H,18-21H2. The fourth-order valence-corrected chi connectivity index (χ4v) is 3.74. The lowest BCUT2D eigenvalue weighted by Crippen LogP contribution is -2.36. The maximum atomic E-state index is 2.57. The number of nitrogens with zero attached hydrogens (tertiary/aromatic N) is 2. The quantitative estimate of drug-likeness (QED) is 0.611. The lowest BCUT2D eigenvalue weighted by Gasteiger charge is -2.28. The molecule has 1 aliphatic rings. The molecule has 0 atom stereocenters. The molecule has 0 N–H and O–H groups in total. The third kappa shape index (κ3) is 4.73. The highest BCUT2D eigenvalue weighted by Gasteiger charge is 2.29. The molecule has 3 aromatic rings. The van der Waals surface area contributed by atoms with Gasteiger partial charge in [-0.1, -0.05) is 103 Å². The molecule has 1 fully saturated rings. The Hall–Kier alpha value is -2.68. The van der Waals surface area contributed by atoms with Crippen molar-refractivity contribution >= 4 is 6.08 Å². The van der Waals surface area contributed by atoms with E-state index in [0.29, 0.717) is 6.17 Å². The molecule has 27 heavy (non-hydrogen) atoms. The van der Waals surface area contributed by atoms with Crippen molar-refractivity contribution in [1.29, 1.82) is 0 Å². The summed E-state index contributed by atoms with van der Waals surface area (Å²) in [7, 11) is 0. The molecule has 0 spiro atoms. The third-order valence-electron chi connectivity index (χ3n) is 5.14. The maximum Gasteiger partial charge on any atom is 0.0824 e. The van der Waals surface area contributed by atoms with E-state index in [-0.39, 0.29) is 0 Å². The summed E-state index contributed by atoms with van der Waals surface area (Å²) in [6, 6.07) is 32.1. The molecule has 0 radical (unpaired) electrons. The van der Waals surface area contributed by atoms with Crippen LogP contribution >= 0.6 is 0 Å². The van der Waals surface area contributed by atoms with Crippen LogP contribution in [0.25, 0.3) is 6.08 Å². The van der Waals surface area contributed by atoms with Gasteiger partial charge in [-0.2, -0.15) is 0 Å². The second-order valence-electron chi connectivity index (χ2n) is 7.10. The molecule has 1 heterocycles. The molecule has 0 aromatic heterocycles. The van der Waals surface area contributed by atoms with Gasteiger partial charge in [0.05, 0.1) is 6.17 Å². The maximum absolute atomic E-state index is 2.57. The Morgan fingerprint density at radius 1 is 0.630 bits per heavy atom. The molecule has 2 nitrogen and oxygen atoms in total. The van der Waals surface area contributed by atoms with Crippen LogP contribution in [0.5, 0.6) is 0 Å². The Morgan fingerprint density at radius 3 is 1.56 bits per heavy atom. The van der Waals surface area contributed by atoms with Crippen LogP contribution in [0.2, 0.25) is 0 Å². The summed E-state index contributed by atoms with van der Waals surface area (Å²) >= 11 is 0. The van der Waals surface area contributed by atoms with E-state index < -0.39 is 0 Å². The number of hydrogen-bond donors (Lipinski definition) is 0. The molecule has 4 rings (SSSR count). The minimum atomic E-state index is 0.311. The summed E-state index contributed by atoms with van der Waals surface area (Å²) in [5, 5.41) is 0. The van der Waals surface area contributed by atoms with Crippen molar-refractivity contribution in [3.63, 3.8) is 0 Å². The van der Waals surface area contributed by atoms with Crippen LogP contribution in [-0.2, 0) is 13.1 Å². The van der Waals surface area contributed by atoms with Gasteiger partial charge in [-0.15, -0.1) is 0 Å². The summed E-state index contributed by atoms with van der Waals surface area (Å²) in [6.45, 7) is 4.14. The fourth-order valence-electron chi connectivity index (χ4n) is 3.74. The molecule has 0 saturated carbocycles. The lowest BCUT2D eigenvalue weighted by atomic mass is 10.1. The number of benzene rings is 3. The van der Waals surface area contributed by atoms with E-state index in [9.17, 15) is 0 Å². The van der Waals surface area contributed by atoms with Crippen molar-refractivity contribution in [2.75, 3.05) is 13.1 Å². The first-order chi connectivity index (χ1) is 13.4. The van der Waals surface area contributed by atoms with Crippen LogP contribution in [0.4, 0.5) is 0 Å². The fraction of sp³-hybridized carbons (Fsp3) is 0.200. The summed E-state index contributed by atoms with van der Waals surface area (Å²) in [4.78, 5) is 5.13. The summed E-state index contributed by atoms with van der Waals surface area (Å²) in [5.74, 6) is 0. The Balaban J connectivity index is 1.54. The smallest absolute Gasteiger partial charge is 0.0824 e. The van der Waals surface area contributed by atoms with Crippen molar-refractivity contribution in [2.45, 2.75) is 19.3 Å². The van der Waals surface area contributed by atoms with Crippen LogP contribution in [0, 0.1) is 0 Å². The van der Waals surface area contributed by atoms with Crippen molar-refractivity contribution in [3.05, 3.63) is 114 Å². The zero-order valence-electron chi connectivity index (χ0n) is 15.6. The van der Waals surface area contributed by atoms with Crippen LogP contribution in [0.15, 0.2) is 97.1 Å². The second kappa shape index (κ2) is 8.81. The molecule has 2 heteroatoms. The zero-order chi connectivity index (χ0) is 18.3. The van der Waals surface area contributed by atoms with E-state index in [0.717, 1.165) is 26.2 Å². The monoisotopic (exact) mass is 354 g/mol. The zero-order valence-corrected chi connectivity index (χ0v) is 15.6. The van der Waals surface area contributed by atoms with Gasteiger partial charge in [-0.3, -0.25) is 9.80 Å². The van der Waals surface area contributed by atoms with Gasteiger partial charge in [0, 0.05) is 26.2 Å². The van der Waals surface area contributed by atoms with E-state index in [1.165, 1.54) is 16.7 Å². The Labute approximate surface area is 162 Å². The predicted molar refractivity (Wildman–Crippen MR) is 113 cm³/mol. The van der Waals surface area contributed by atoms with E-state index in [1.54, 1.807) is 0 Å². The normalized spacial score (nSPS) is 16.3. The topological polar surface area (TPSA) is 6.48 Å². The molecule has 0 aliphatic carbocycles. The van der Waals surface area contributed by atoms with E-state index in [1.807, 2.05) is 0 Å². The van der Waals surface area contributed by atoms with Gasteiger partial charge < -0.3 is 0 Å². The first-order valence-electron chi connectivity index (χ1n) is 9.68. The lowest BCUT2D eigenvalue weighted by molar-refractivity contribution is 0.168. The van der Waals surface area contributed by atoms with Crippen LogP contribution in [0.3, 0.4) is 0 Å². The minimum Gasteiger partial charge on any atom is -0.279 e. The molecule has 0 amide bonds. The van der Waals surface area contributed by atoms with Crippen molar-refractivity contribution < 1.29 is 0 Å². The van der Waals surface area contributed by atoms with E-state index >= 15 is 0 Å². The Morgan fingerprint density at radius 2 is 1.07 bits per heavy atom. The van der Waals surface area contributed by atoms with Crippen molar-refractivity contribution in [3.8, 4) is 0 Å². The Kier molecular flexibility index (Phi) is 5.78. The molecule has 3 aromatic carbocycles. The average molecular weight is 354 g/mol. The largest absolute Gasteiger partial charge is 0.279 e. The van der Waals surface area contributed by atoms with Crippen LogP contribution in [0.1, 0.15) is 16.7 Å². The van der Waals surface area contributed by atoms with E-state index in [4.69, 9.17) is 0 Å². The van der Waals surface area contributed by atoms with Gasteiger partial charge in [-0.05, 0) is 16.7 Å². The molecular formula is C25H26N2. The highest BCUT2D eigenvalue weighted by atomic mass is 15.4. The number of hydrogen-bond acceptors (Lipinski definition) is 2. The number of rotatable bonds is 6. The molecule has 0 unspecified atom stereocenters. The summed E-state index contributed by atoms with van der Waals surface area (Å²) in [5.41, 5.74) is 4.00. The molecule has 1 aliphatic heterocycles. The van der Waals surface area contributed by atoms with Gasteiger partial charge in [0.15, 0.2) is 0 Å². The molecular weight excluding hydrogens is 328 g/mol. The van der Waals surface area contributed by atoms with Gasteiger partial charge >= 0.3 is 0 Å². The second-order valence-corrected chi connectivity index (χ2v) is 7.10. The van der Waals surface area contributed by atoms with Crippen molar-refractivity contribution in [2.24, 2.45) is 0 Å². The van der Waals surface area contributed by atoms with Gasteiger partial charge in [0.25, 0.3) is 0 Å². The van der Waals surface area contributed by atoms with Gasteiger partial charge in [-0.25, -0.2) is 0 Å². The molecule has 136 valence electrons. The third-order valence-corrected chi connectivity index (χ3v) is 5.14. The first kappa shape index (κ1) is 17.7. The van der Waals surface area contributed by atoms with Crippen LogP contribution < -0.4 is 0 Å². The summed E-state index contributed by atoms with van der Waals surface area (Å²) < 4.78 is 0.